The number of hydrogen-bond donors (Lipinski definition) is 3. The van der Waals surface area contributed by atoms with Crippen molar-refractivity contribution in [3.63, 3.8) is 0 Å². The first-order valence-corrected chi connectivity index (χ1v) is 9.24. The van der Waals surface area contributed by atoms with E-state index in [4.69, 9.17) is 4.74 Å². The van der Waals surface area contributed by atoms with Crippen LogP contribution in [0.15, 0.2) is 70.2 Å². The lowest BCUT2D eigenvalue weighted by atomic mass is 10.2. The predicted octanol–water partition coefficient (Wildman–Crippen LogP) is 4.34. The van der Waals surface area contributed by atoms with Gasteiger partial charge in [-0.15, -0.1) is 0 Å². The van der Waals surface area contributed by atoms with Crippen molar-refractivity contribution in [1.82, 2.24) is 5.43 Å². The van der Waals surface area contributed by atoms with E-state index in [1.165, 1.54) is 24.4 Å². The van der Waals surface area contributed by atoms with Crippen molar-refractivity contribution < 1.29 is 24.1 Å². The quantitative estimate of drug-likeness (QED) is 0.291. The number of ether oxygens (including phenoxy) is 1. The van der Waals surface area contributed by atoms with Gasteiger partial charge in [0.1, 0.15) is 29.7 Å². The number of aromatic hydroxyl groups is 2. The van der Waals surface area contributed by atoms with Crippen LogP contribution in [0.1, 0.15) is 21.5 Å². The largest absolute Gasteiger partial charge is 0.508 e. The zero-order valence-electron chi connectivity index (χ0n) is 15.0. The minimum absolute atomic E-state index is 0.0265. The number of nitrogens with one attached hydrogen (secondary N) is 1. The molecule has 1 amide bonds. The molecular weight excluding hydrogens is 443 g/mol. The van der Waals surface area contributed by atoms with Crippen LogP contribution < -0.4 is 10.2 Å². The Morgan fingerprint density at radius 3 is 2.72 bits per heavy atom. The highest BCUT2D eigenvalue weighted by Crippen LogP contribution is 2.24. The molecule has 3 rings (SSSR count). The van der Waals surface area contributed by atoms with Gasteiger partial charge in [-0.05, 0) is 42.5 Å². The summed E-state index contributed by atoms with van der Waals surface area (Å²) in [5, 5.41) is 23.0. The van der Waals surface area contributed by atoms with E-state index in [1.54, 1.807) is 36.4 Å². The fraction of sp³-hybridized carbons (Fsp3) is 0.0476. The molecule has 8 heteroatoms. The molecule has 0 heterocycles. The molecular formula is C21H16BrFN2O4. The van der Waals surface area contributed by atoms with E-state index in [2.05, 4.69) is 26.5 Å². The maximum atomic E-state index is 13.8. The summed E-state index contributed by atoms with van der Waals surface area (Å²) in [4.78, 5) is 12.1. The van der Waals surface area contributed by atoms with Gasteiger partial charge in [-0.25, -0.2) is 9.82 Å². The fourth-order valence-electron chi connectivity index (χ4n) is 2.45. The lowest BCUT2D eigenvalue weighted by Gasteiger charge is -2.10. The van der Waals surface area contributed by atoms with E-state index < -0.39 is 5.91 Å². The summed E-state index contributed by atoms with van der Waals surface area (Å²) in [5.41, 5.74) is 3.10. The Kier molecular flexibility index (Phi) is 6.46. The third kappa shape index (κ3) is 5.32. The van der Waals surface area contributed by atoms with Gasteiger partial charge in [0.15, 0.2) is 0 Å². The number of amides is 1. The first-order chi connectivity index (χ1) is 13.9. The number of carbonyl (C=O) groups excluding carboxylic acids is 1. The number of rotatable bonds is 6. The summed E-state index contributed by atoms with van der Waals surface area (Å²) < 4.78 is 20.2. The van der Waals surface area contributed by atoms with Crippen molar-refractivity contribution in [3.8, 4) is 17.2 Å². The van der Waals surface area contributed by atoms with Crippen molar-refractivity contribution in [2.24, 2.45) is 5.10 Å². The van der Waals surface area contributed by atoms with Crippen LogP contribution in [0, 0.1) is 5.82 Å². The number of phenols is 2. The van der Waals surface area contributed by atoms with E-state index in [9.17, 15) is 19.4 Å². The van der Waals surface area contributed by atoms with Gasteiger partial charge in [-0.1, -0.05) is 34.1 Å². The van der Waals surface area contributed by atoms with Crippen LogP contribution in [0.25, 0.3) is 0 Å². The van der Waals surface area contributed by atoms with Crippen molar-refractivity contribution in [2.45, 2.75) is 6.61 Å². The first kappa shape index (κ1) is 20.3. The van der Waals surface area contributed by atoms with Crippen LogP contribution in [0.4, 0.5) is 4.39 Å². The second kappa shape index (κ2) is 9.20. The first-order valence-electron chi connectivity index (χ1n) is 8.45. The van der Waals surface area contributed by atoms with E-state index in [1.807, 2.05) is 0 Å². The molecule has 0 fully saturated rings. The number of phenolic OH excluding ortho intramolecular Hbond substituents is 2. The summed E-state index contributed by atoms with van der Waals surface area (Å²) in [5.74, 6) is -1.06. The molecule has 0 aromatic heterocycles. The van der Waals surface area contributed by atoms with Gasteiger partial charge >= 0.3 is 0 Å². The Labute approximate surface area is 174 Å². The van der Waals surface area contributed by atoms with Crippen LogP contribution in [0.5, 0.6) is 17.2 Å². The molecule has 0 atom stereocenters. The van der Waals surface area contributed by atoms with Crippen molar-refractivity contribution in [1.29, 1.82) is 0 Å². The highest BCUT2D eigenvalue weighted by atomic mass is 79.9. The third-order valence-corrected chi connectivity index (χ3v) is 4.40. The van der Waals surface area contributed by atoms with E-state index in [0.29, 0.717) is 16.9 Å². The maximum Gasteiger partial charge on any atom is 0.275 e. The maximum absolute atomic E-state index is 13.8. The summed E-state index contributed by atoms with van der Waals surface area (Å²) >= 11 is 3.35. The monoisotopic (exact) mass is 458 g/mol. The smallest absolute Gasteiger partial charge is 0.275 e. The SMILES string of the molecule is O=C(N/N=C/c1cc(Br)ccc1OCc1ccccc1F)c1cc(O)ccc1O. The van der Waals surface area contributed by atoms with Crippen LogP contribution in [0.3, 0.4) is 0 Å². The van der Waals surface area contributed by atoms with Crippen molar-refractivity contribution >= 4 is 28.1 Å². The Bertz CT molecular complexity index is 1070. The van der Waals surface area contributed by atoms with E-state index in [-0.39, 0.29) is 29.5 Å². The second-order valence-corrected chi connectivity index (χ2v) is 6.88. The molecule has 0 saturated heterocycles. The predicted molar refractivity (Wildman–Crippen MR) is 110 cm³/mol. The lowest BCUT2D eigenvalue weighted by molar-refractivity contribution is 0.0952. The molecule has 0 radical (unpaired) electrons. The van der Waals surface area contributed by atoms with E-state index in [0.717, 1.165) is 10.5 Å². The molecule has 0 unspecified atom stereocenters. The molecule has 0 aliphatic carbocycles. The standard InChI is InChI=1S/C21H16BrFN2O4/c22-15-5-8-20(29-12-13-3-1-2-4-18(13)23)14(9-15)11-24-25-21(28)17-10-16(26)6-7-19(17)27/h1-11,26-27H,12H2,(H,25,28)/b24-11+. The van der Waals surface area contributed by atoms with Crippen molar-refractivity contribution in [2.75, 3.05) is 0 Å². The van der Waals surface area contributed by atoms with Crippen LogP contribution in [-0.4, -0.2) is 22.3 Å². The third-order valence-electron chi connectivity index (χ3n) is 3.91. The molecule has 0 bridgehead atoms. The molecule has 0 aliphatic rings. The van der Waals surface area contributed by atoms with Gasteiger partial charge in [0, 0.05) is 15.6 Å². The summed E-state index contributed by atoms with van der Waals surface area (Å²) in [6.45, 7) is 0.0265. The van der Waals surface area contributed by atoms with Crippen LogP contribution in [0.2, 0.25) is 0 Å². The van der Waals surface area contributed by atoms with Crippen molar-refractivity contribution in [3.05, 3.63) is 87.6 Å². The minimum atomic E-state index is -0.696. The summed E-state index contributed by atoms with van der Waals surface area (Å²) in [7, 11) is 0. The Morgan fingerprint density at radius 1 is 1.14 bits per heavy atom. The van der Waals surface area contributed by atoms with Gasteiger partial charge in [0.05, 0.1) is 11.8 Å². The number of benzene rings is 3. The number of hydrogen-bond acceptors (Lipinski definition) is 5. The average molecular weight is 459 g/mol. The number of halogens is 2. The Balaban J connectivity index is 1.73. The van der Waals surface area contributed by atoms with Crippen LogP contribution >= 0.6 is 15.9 Å². The van der Waals surface area contributed by atoms with Gasteiger partial charge < -0.3 is 14.9 Å². The average Bonchev–Trinajstić information content (AvgIpc) is 2.70. The van der Waals surface area contributed by atoms with Gasteiger partial charge in [0.2, 0.25) is 0 Å². The number of carbonyl (C=O) groups is 1. The molecule has 0 saturated carbocycles. The molecule has 6 nitrogen and oxygen atoms in total. The molecule has 3 aromatic carbocycles. The zero-order chi connectivity index (χ0) is 20.8. The van der Waals surface area contributed by atoms with Gasteiger partial charge in [-0.2, -0.15) is 5.10 Å². The van der Waals surface area contributed by atoms with Gasteiger partial charge in [0.25, 0.3) is 5.91 Å². The van der Waals surface area contributed by atoms with E-state index >= 15 is 0 Å². The molecule has 3 N–H and O–H groups in total. The fourth-order valence-corrected chi connectivity index (χ4v) is 2.83. The zero-order valence-corrected chi connectivity index (χ0v) is 16.6. The molecule has 148 valence electrons. The van der Waals surface area contributed by atoms with Crippen LogP contribution in [-0.2, 0) is 6.61 Å². The molecule has 29 heavy (non-hydrogen) atoms. The normalized spacial score (nSPS) is 10.8. The lowest BCUT2D eigenvalue weighted by Crippen LogP contribution is -2.17. The topological polar surface area (TPSA) is 91.2 Å². The number of hydrazone groups is 1. The summed E-state index contributed by atoms with van der Waals surface area (Å²) in [6.07, 6.45) is 1.36. The Morgan fingerprint density at radius 2 is 1.93 bits per heavy atom. The highest BCUT2D eigenvalue weighted by Gasteiger charge is 2.11. The van der Waals surface area contributed by atoms with Gasteiger partial charge in [-0.3, -0.25) is 4.79 Å². The highest BCUT2D eigenvalue weighted by molar-refractivity contribution is 9.10. The minimum Gasteiger partial charge on any atom is -0.508 e. The molecule has 0 spiro atoms. The Hall–Kier alpha value is -3.39. The summed E-state index contributed by atoms with van der Waals surface area (Å²) in [6, 6.07) is 15.1. The second-order valence-electron chi connectivity index (χ2n) is 5.96. The molecule has 0 aliphatic heterocycles. The molecule has 3 aromatic rings. The number of nitrogens with zero attached hydrogens (tertiary/aromatic N) is 1.